The number of fused-ring (bicyclic) bond motifs is 2. The first kappa shape index (κ1) is 20.3. The molecule has 2 aromatic heterocycles. The van der Waals surface area contributed by atoms with Gasteiger partial charge in [0.2, 0.25) is 5.91 Å². The number of benzene rings is 1. The molecule has 3 aromatic rings. The van der Waals surface area contributed by atoms with E-state index < -0.39 is 0 Å². The van der Waals surface area contributed by atoms with E-state index in [-0.39, 0.29) is 11.8 Å². The van der Waals surface area contributed by atoms with Crippen molar-refractivity contribution in [2.75, 3.05) is 13.6 Å². The number of amides is 1. The molecular weight excluding hydrogens is 384 g/mol. The highest BCUT2D eigenvalue weighted by molar-refractivity contribution is 5.89. The van der Waals surface area contributed by atoms with Crippen molar-refractivity contribution in [1.82, 2.24) is 19.8 Å². The Morgan fingerprint density at radius 1 is 1.26 bits per heavy atom. The monoisotopic (exact) mass is 416 g/mol. The Kier molecular flexibility index (Phi) is 5.30. The number of nitrogens with zero attached hydrogens (tertiary/aromatic N) is 3. The third-order valence-electron chi connectivity index (χ3n) is 7.05. The van der Waals surface area contributed by atoms with E-state index in [1.807, 2.05) is 18.3 Å². The van der Waals surface area contributed by atoms with E-state index in [1.165, 1.54) is 22.0 Å². The van der Waals surface area contributed by atoms with Crippen LogP contribution in [-0.4, -0.2) is 40.0 Å². The highest BCUT2D eigenvalue weighted by atomic mass is 16.1. The predicted molar refractivity (Wildman–Crippen MR) is 124 cm³/mol. The van der Waals surface area contributed by atoms with Gasteiger partial charge >= 0.3 is 0 Å². The number of piperidine rings is 1. The number of nitrogens with one attached hydrogen (secondary N) is 1. The van der Waals surface area contributed by atoms with Gasteiger partial charge in [0.1, 0.15) is 0 Å². The number of hydrogen-bond donors (Lipinski definition) is 1. The summed E-state index contributed by atoms with van der Waals surface area (Å²) in [4.78, 5) is 19.6. The second-order valence-electron chi connectivity index (χ2n) is 9.77. The molecule has 0 saturated carbocycles. The number of likely N-dealkylation sites (N-methyl/N-ethyl adjacent to an activating group) is 1. The molecule has 1 saturated heterocycles. The molecule has 1 aliphatic carbocycles. The van der Waals surface area contributed by atoms with Crippen molar-refractivity contribution >= 4 is 16.8 Å². The van der Waals surface area contributed by atoms with Gasteiger partial charge in [-0.15, -0.1) is 0 Å². The number of hydrogen-bond acceptors (Lipinski definition) is 3. The Morgan fingerprint density at radius 3 is 2.90 bits per heavy atom. The summed E-state index contributed by atoms with van der Waals surface area (Å²) in [5.74, 6) is 1.19. The maximum atomic E-state index is 13.0. The van der Waals surface area contributed by atoms with Crippen LogP contribution < -0.4 is 5.32 Å². The molecule has 1 aliphatic heterocycles. The van der Waals surface area contributed by atoms with Crippen LogP contribution in [-0.2, 0) is 24.3 Å². The van der Waals surface area contributed by atoms with E-state index in [2.05, 4.69) is 65.1 Å². The highest BCUT2D eigenvalue weighted by Crippen LogP contribution is 2.45. The van der Waals surface area contributed by atoms with Crippen LogP contribution in [0.25, 0.3) is 10.9 Å². The molecule has 0 bridgehead atoms. The largest absolute Gasteiger partial charge is 0.352 e. The lowest BCUT2D eigenvalue weighted by Crippen LogP contribution is -2.51. The van der Waals surface area contributed by atoms with E-state index in [0.29, 0.717) is 24.4 Å². The zero-order valence-electron chi connectivity index (χ0n) is 18.7. The Balaban J connectivity index is 1.40. The molecule has 1 aromatic carbocycles. The Hall–Kier alpha value is -2.66. The van der Waals surface area contributed by atoms with Crippen LogP contribution in [0.2, 0.25) is 0 Å². The van der Waals surface area contributed by atoms with Gasteiger partial charge in [0.25, 0.3) is 0 Å². The second kappa shape index (κ2) is 8.12. The van der Waals surface area contributed by atoms with Crippen molar-refractivity contribution in [3.05, 3.63) is 65.6 Å². The van der Waals surface area contributed by atoms with Crippen LogP contribution in [0.5, 0.6) is 0 Å². The summed E-state index contributed by atoms with van der Waals surface area (Å²) in [6, 6.07) is 11.1. The molecule has 3 heterocycles. The lowest BCUT2D eigenvalue weighted by Gasteiger charge is -2.45. The third-order valence-corrected chi connectivity index (χ3v) is 7.05. The van der Waals surface area contributed by atoms with Gasteiger partial charge in [-0.2, -0.15) is 0 Å². The standard InChI is InChI=1S/C26H32N4O/c1-17(2)14-30-16-19-11-24-22(21-7-4-8-23(30)25(19)21)10-20(15-29(24)3)26(31)28-13-18-6-5-9-27-12-18/h4-9,12,16-17,20,22,24H,10-11,13-15H2,1-3H3,(H,28,31)/t20-,22?,24-/m1/s1. The number of likely N-dealkylation sites (tertiary alicyclic amines) is 1. The normalized spacial score (nSPS) is 23.2. The fourth-order valence-electron chi connectivity index (χ4n) is 5.69. The second-order valence-corrected chi connectivity index (χ2v) is 9.77. The van der Waals surface area contributed by atoms with E-state index in [4.69, 9.17) is 0 Å². The van der Waals surface area contributed by atoms with Crippen LogP contribution in [0, 0.1) is 11.8 Å². The van der Waals surface area contributed by atoms with Crippen LogP contribution in [0.3, 0.4) is 0 Å². The summed E-state index contributed by atoms with van der Waals surface area (Å²) in [6.07, 6.45) is 7.94. The molecule has 5 rings (SSSR count). The summed E-state index contributed by atoms with van der Waals surface area (Å²) in [7, 11) is 2.19. The molecule has 1 N–H and O–H groups in total. The average molecular weight is 417 g/mol. The van der Waals surface area contributed by atoms with E-state index in [1.54, 1.807) is 6.20 Å². The van der Waals surface area contributed by atoms with Gasteiger partial charge in [0, 0.05) is 61.1 Å². The first-order chi connectivity index (χ1) is 15.0. The number of rotatable bonds is 5. The summed E-state index contributed by atoms with van der Waals surface area (Å²) in [6.45, 7) is 6.95. The molecule has 1 amide bonds. The molecule has 1 fully saturated rings. The fraction of sp³-hybridized carbons (Fsp3) is 0.462. The predicted octanol–water partition coefficient (Wildman–Crippen LogP) is 3.97. The molecule has 5 heteroatoms. The summed E-state index contributed by atoms with van der Waals surface area (Å²) in [5, 5.41) is 4.58. The van der Waals surface area contributed by atoms with E-state index in [0.717, 1.165) is 31.5 Å². The van der Waals surface area contributed by atoms with Gasteiger partial charge in [-0.1, -0.05) is 32.0 Å². The molecule has 0 spiro atoms. The lowest BCUT2D eigenvalue weighted by atomic mass is 9.72. The summed E-state index contributed by atoms with van der Waals surface area (Å²) >= 11 is 0. The zero-order valence-corrected chi connectivity index (χ0v) is 18.7. The Morgan fingerprint density at radius 2 is 2.13 bits per heavy atom. The molecule has 5 nitrogen and oxygen atoms in total. The number of aromatic nitrogens is 2. The van der Waals surface area contributed by atoms with Crippen molar-refractivity contribution in [1.29, 1.82) is 0 Å². The molecule has 3 atom stereocenters. The maximum Gasteiger partial charge on any atom is 0.224 e. The molecule has 0 radical (unpaired) electrons. The van der Waals surface area contributed by atoms with Crippen LogP contribution in [0.15, 0.2) is 48.9 Å². The Labute approximate surface area is 184 Å². The average Bonchev–Trinajstić information content (AvgIpc) is 3.11. The van der Waals surface area contributed by atoms with Gasteiger partial charge in [-0.25, -0.2) is 0 Å². The molecule has 2 aliphatic rings. The zero-order chi connectivity index (χ0) is 21.5. The van der Waals surface area contributed by atoms with Crippen LogP contribution in [0.1, 0.15) is 42.9 Å². The van der Waals surface area contributed by atoms with Crippen molar-refractivity contribution in [2.45, 2.75) is 51.7 Å². The fourth-order valence-corrected chi connectivity index (χ4v) is 5.69. The lowest BCUT2D eigenvalue weighted by molar-refractivity contribution is -0.127. The first-order valence-corrected chi connectivity index (χ1v) is 11.5. The number of pyridine rings is 1. The van der Waals surface area contributed by atoms with Crippen molar-refractivity contribution in [3.63, 3.8) is 0 Å². The van der Waals surface area contributed by atoms with Crippen molar-refractivity contribution in [2.24, 2.45) is 11.8 Å². The van der Waals surface area contributed by atoms with Crippen molar-refractivity contribution in [3.8, 4) is 0 Å². The smallest absolute Gasteiger partial charge is 0.224 e. The molecule has 162 valence electrons. The SMILES string of the molecule is CC(C)Cn1cc2c3c(cccc31)C1C[C@@H](C(=O)NCc3cccnc3)CN(C)[C@@H]1C2. The maximum absolute atomic E-state index is 13.0. The first-order valence-electron chi connectivity index (χ1n) is 11.5. The van der Waals surface area contributed by atoms with Gasteiger partial charge < -0.3 is 14.8 Å². The topological polar surface area (TPSA) is 50.2 Å². The van der Waals surface area contributed by atoms with Crippen LogP contribution >= 0.6 is 0 Å². The number of carbonyl (C=O) groups excluding carboxylic acids is 1. The van der Waals surface area contributed by atoms with Gasteiger partial charge in [-0.3, -0.25) is 9.78 Å². The quantitative estimate of drug-likeness (QED) is 0.685. The molecule has 31 heavy (non-hydrogen) atoms. The van der Waals surface area contributed by atoms with E-state index >= 15 is 0 Å². The minimum absolute atomic E-state index is 0.0116. The minimum Gasteiger partial charge on any atom is -0.352 e. The highest BCUT2D eigenvalue weighted by Gasteiger charge is 2.41. The van der Waals surface area contributed by atoms with Gasteiger partial charge in [0.15, 0.2) is 0 Å². The summed E-state index contributed by atoms with van der Waals surface area (Å²) < 4.78 is 2.44. The minimum atomic E-state index is 0.0116. The van der Waals surface area contributed by atoms with Gasteiger partial charge in [0.05, 0.1) is 5.92 Å². The van der Waals surface area contributed by atoms with Gasteiger partial charge in [-0.05, 0) is 54.6 Å². The number of carbonyl (C=O) groups is 1. The van der Waals surface area contributed by atoms with E-state index in [9.17, 15) is 4.79 Å². The molecule has 1 unspecified atom stereocenters. The summed E-state index contributed by atoms with van der Waals surface area (Å²) in [5.41, 5.74) is 5.30. The van der Waals surface area contributed by atoms with Crippen LogP contribution in [0.4, 0.5) is 0 Å². The molecular formula is C26H32N4O. The Bertz CT molecular complexity index is 1090. The van der Waals surface area contributed by atoms with Crippen molar-refractivity contribution < 1.29 is 4.79 Å². The third kappa shape index (κ3) is 3.76.